The van der Waals surface area contributed by atoms with Crippen LogP contribution in [0, 0.1) is 5.92 Å². The lowest BCUT2D eigenvalue weighted by Gasteiger charge is -2.09. The highest BCUT2D eigenvalue weighted by Gasteiger charge is 2.14. The van der Waals surface area contributed by atoms with Crippen LogP contribution in [0.15, 0.2) is 0 Å². The number of carbonyl (C=O) groups is 1. The Morgan fingerprint density at radius 3 is 3.14 bits per heavy atom. The molecule has 1 fully saturated rings. The van der Waals surface area contributed by atoms with Gasteiger partial charge in [0.1, 0.15) is 6.61 Å². The Morgan fingerprint density at radius 2 is 2.50 bits per heavy atom. The monoisotopic (exact) mass is 200 g/mol. The predicted octanol–water partition coefficient (Wildman–Crippen LogP) is 0.139. The zero-order valence-corrected chi connectivity index (χ0v) is 8.84. The van der Waals surface area contributed by atoms with E-state index in [4.69, 9.17) is 4.74 Å². The molecule has 4 heteroatoms. The molecule has 1 atom stereocenters. The van der Waals surface area contributed by atoms with E-state index in [0.29, 0.717) is 12.5 Å². The van der Waals surface area contributed by atoms with E-state index in [2.05, 4.69) is 10.6 Å². The Hall–Kier alpha value is -0.610. The van der Waals surface area contributed by atoms with Gasteiger partial charge in [0.2, 0.25) is 5.91 Å². The first-order valence-electron chi connectivity index (χ1n) is 5.38. The summed E-state index contributed by atoms with van der Waals surface area (Å²) in [4.78, 5) is 11.2. The van der Waals surface area contributed by atoms with Gasteiger partial charge >= 0.3 is 0 Å². The van der Waals surface area contributed by atoms with Crippen LogP contribution in [0.1, 0.15) is 19.8 Å². The first-order valence-corrected chi connectivity index (χ1v) is 5.38. The number of rotatable bonds is 6. The molecule has 14 heavy (non-hydrogen) atoms. The molecule has 1 amide bonds. The molecule has 0 bridgehead atoms. The maximum atomic E-state index is 11.2. The van der Waals surface area contributed by atoms with Gasteiger partial charge in [-0.15, -0.1) is 0 Å². The van der Waals surface area contributed by atoms with Crippen molar-refractivity contribution in [2.24, 2.45) is 5.92 Å². The summed E-state index contributed by atoms with van der Waals surface area (Å²) in [6.45, 7) is 5.78. The topological polar surface area (TPSA) is 50.4 Å². The van der Waals surface area contributed by atoms with Gasteiger partial charge in [-0.3, -0.25) is 4.79 Å². The highest BCUT2D eigenvalue weighted by Crippen LogP contribution is 2.04. The average Bonchev–Trinajstić information content (AvgIpc) is 2.68. The lowest BCUT2D eigenvalue weighted by Crippen LogP contribution is -2.33. The molecule has 0 aliphatic carbocycles. The van der Waals surface area contributed by atoms with E-state index < -0.39 is 0 Å². The van der Waals surface area contributed by atoms with Crippen molar-refractivity contribution in [2.75, 3.05) is 32.8 Å². The first-order chi connectivity index (χ1) is 6.83. The summed E-state index contributed by atoms with van der Waals surface area (Å²) in [5.41, 5.74) is 0. The molecule has 2 N–H and O–H groups in total. The van der Waals surface area contributed by atoms with E-state index in [1.165, 1.54) is 0 Å². The molecule has 1 heterocycles. The first kappa shape index (κ1) is 11.5. The molecule has 1 aliphatic rings. The van der Waals surface area contributed by atoms with Crippen LogP contribution in [-0.2, 0) is 9.53 Å². The molecule has 82 valence electrons. The third-order valence-corrected chi connectivity index (χ3v) is 2.33. The fraction of sp³-hybridized carbons (Fsp3) is 0.900. The normalized spacial score (nSPS) is 21.1. The summed E-state index contributed by atoms with van der Waals surface area (Å²) in [7, 11) is 0. The summed E-state index contributed by atoms with van der Waals surface area (Å²) in [5, 5.41) is 6.15. The second kappa shape index (κ2) is 6.79. The van der Waals surface area contributed by atoms with Gasteiger partial charge in [-0.25, -0.2) is 0 Å². The lowest BCUT2D eigenvalue weighted by molar-refractivity contribution is -0.125. The number of amides is 1. The number of hydrogen-bond acceptors (Lipinski definition) is 3. The smallest absolute Gasteiger partial charge is 0.246 e. The minimum Gasteiger partial charge on any atom is -0.372 e. The standard InChI is InChI=1S/C10H20N2O2/c1-2-5-14-8-10(13)12-7-9-3-4-11-6-9/h9,11H,2-8H2,1H3,(H,12,13)/t9-/m0/s1. The summed E-state index contributed by atoms with van der Waals surface area (Å²) in [6.07, 6.45) is 2.12. The van der Waals surface area contributed by atoms with Crippen molar-refractivity contribution >= 4 is 5.91 Å². The van der Waals surface area contributed by atoms with E-state index in [9.17, 15) is 4.79 Å². The molecule has 0 aromatic rings. The van der Waals surface area contributed by atoms with Gasteiger partial charge in [0.05, 0.1) is 0 Å². The van der Waals surface area contributed by atoms with Gasteiger partial charge in [0, 0.05) is 13.2 Å². The maximum Gasteiger partial charge on any atom is 0.246 e. The van der Waals surface area contributed by atoms with Crippen LogP contribution in [0.4, 0.5) is 0 Å². The van der Waals surface area contributed by atoms with Crippen molar-refractivity contribution in [1.82, 2.24) is 10.6 Å². The van der Waals surface area contributed by atoms with Crippen molar-refractivity contribution in [3.8, 4) is 0 Å². The van der Waals surface area contributed by atoms with E-state index in [1.54, 1.807) is 0 Å². The van der Waals surface area contributed by atoms with Gasteiger partial charge < -0.3 is 15.4 Å². The van der Waals surface area contributed by atoms with Crippen LogP contribution < -0.4 is 10.6 Å². The van der Waals surface area contributed by atoms with E-state index >= 15 is 0 Å². The third-order valence-electron chi connectivity index (χ3n) is 2.33. The Labute approximate surface area is 85.4 Å². The molecule has 0 aromatic heterocycles. The van der Waals surface area contributed by atoms with Crippen molar-refractivity contribution in [1.29, 1.82) is 0 Å². The second-order valence-electron chi connectivity index (χ2n) is 3.72. The Bertz CT molecular complexity index is 168. The molecule has 4 nitrogen and oxygen atoms in total. The summed E-state index contributed by atoms with van der Waals surface area (Å²) >= 11 is 0. The van der Waals surface area contributed by atoms with Crippen LogP contribution in [0.5, 0.6) is 0 Å². The van der Waals surface area contributed by atoms with Gasteiger partial charge in [0.25, 0.3) is 0 Å². The molecular formula is C10H20N2O2. The van der Waals surface area contributed by atoms with Gasteiger partial charge in [-0.05, 0) is 31.8 Å². The zero-order chi connectivity index (χ0) is 10.2. The SMILES string of the molecule is CCCOCC(=O)NC[C@H]1CCNC1. The van der Waals surface area contributed by atoms with Crippen molar-refractivity contribution in [3.05, 3.63) is 0 Å². The minimum absolute atomic E-state index is 0.00495. The molecule has 0 radical (unpaired) electrons. The van der Waals surface area contributed by atoms with Crippen molar-refractivity contribution in [3.63, 3.8) is 0 Å². The van der Waals surface area contributed by atoms with Crippen LogP contribution in [0.25, 0.3) is 0 Å². The molecule has 1 saturated heterocycles. The van der Waals surface area contributed by atoms with Gasteiger partial charge in [-0.2, -0.15) is 0 Å². The number of carbonyl (C=O) groups excluding carboxylic acids is 1. The molecule has 0 unspecified atom stereocenters. The molecule has 0 spiro atoms. The van der Waals surface area contributed by atoms with Crippen LogP contribution >= 0.6 is 0 Å². The van der Waals surface area contributed by atoms with Crippen LogP contribution in [-0.4, -0.2) is 38.8 Å². The van der Waals surface area contributed by atoms with Gasteiger partial charge in [-0.1, -0.05) is 6.92 Å². The Morgan fingerprint density at radius 1 is 1.64 bits per heavy atom. The average molecular weight is 200 g/mol. The Kier molecular flexibility index (Phi) is 5.56. The highest BCUT2D eigenvalue weighted by atomic mass is 16.5. The predicted molar refractivity (Wildman–Crippen MR) is 55.1 cm³/mol. The zero-order valence-electron chi connectivity index (χ0n) is 8.84. The summed E-state index contributed by atoms with van der Waals surface area (Å²) < 4.78 is 5.13. The molecular weight excluding hydrogens is 180 g/mol. The quantitative estimate of drug-likeness (QED) is 0.600. The number of nitrogens with one attached hydrogen (secondary N) is 2. The van der Waals surface area contributed by atoms with E-state index in [1.807, 2.05) is 6.92 Å². The van der Waals surface area contributed by atoms with E-state index in [0.717, 1.165) is 32.5 Å². The van der Waals surface area contributed by atoms with E-state index in [-0.39, 0.29) is 12.5 Å². The minimum atomic E-state index is 0.00495. The molecule has 1 aliphatic heterocycles. The molecule has 1 rings (SSSR count). The van der Waals surface area contributed by atoms with Crippen LogP contribution in [0.3, 0.4) is 0 Å². The largest absolute Gasteiger partial charge is 0.372 e. The Balaban J connectivity index is 1.96. The fourth-order valence-electron chi connectivity index (χ4n) is 1.51. The third kappa shape index (κ3) is 4.58. The number of ether oxygens (including phenoxy) is 1. The molecule has 0 saturated carbocycles. The van der Waals surface area contributed by atoms with Crippen LogP contribution in [0.2, 0.25) is 0 Å². The number of hydrogen-bond donors (Lipinski definition) is 2. The second-order valence-corrected chi connectivity index (χ2v) is 3.72. The fourth-order valence-corrected chi connectivity index (χ4v) is 1.51. The highest BCUT2D eigenvalue weighted by molar-refractivity contribution is 5.77. The van der Waals surface area contributed by atoms with Crippen molar-refractivity contribution < 1.29 is 9.53 Å². The maximum absolute atomic E-state index is 11.2. The van der Waals surface area contributed by atoms with Crippen molar-refractivity contribution in [2.45, 2.75) is 19.8 Å². The molecule has 0 aromatic carbocycles. The lowest BCUT2D eigenvalue weighted by atomic mass is 10.1. The summed E-state index contributed by atoms with van der Waals surface area (Å²) in [6, 6.07) is 0. The summed E-state index contributed by atoms with van der Waals surface area (Å²) in [5.74, 6) is 0.607. The van der Waals surface area contributed by atoms with Gasteiger partial charge in [0.15, 0.2) is 0 Å².